The van der Waals surface area contributed by atoms with E-state index < -0.39 is 0 Å². The first-order chi connectivity index (χ1) is 7.77. The molecule has 82 valence electrons. The van der Waals surface area contributed by atoms with Crippen molar-refractivity contribution in [3.8, 4) is 5.75 Å². The molecule has 2 heteroatoms. The molecule has 0 aliphatic rings. The summed E-state index contributed by atoms with van der Waals surface area (Å²) < 4.78 is 5.76. The van der Waals surface area contributed by atoms with E-state index in [1.165, 1.54) is 16.4 Å². The van der Waals surface area contributed by atoms with Crippen molar-refractivity contribution in [1.82, 2.24) is 0 Å². The van der Waals surface area contributed by atoms with Crippen molar-refractivity contribution in [2.75, 3.05) is 0 Å². The van der Waals surface area contributed by atoms with E-state index in [0.717, 1.165) is 5.75 Å². The maximum atomic E-state index is 5.76. The zero-order valence-electron chi connectivity index (χ0n) is 9.53. The van der Waals surface area contributed by atoms with Crippen molar-refractivity contribution in [3.05, 3.63) is 59.7 Å². The van der Waals surface area contributed by atoms with Gasteiger partial charge in [0.1, 0.15) is 14.6 Å². The van der Waals surface area contributed by atoms with Gasteiger partial charge in [0.2, 0.25) is 0 Å². The molecule has 0 heterocycles. The van der Waals surface area contributed by atoms with E-state index in [-0.39, 0.29) is 0 Å². The van der Waals surface area contributed by atoms with Crippen molar-refractivity contribution in [2.24, 2.45) is 0 Å². The van der Waals surface area contributed by atoms with Crippen LogP contribution in [-0.2, 0) is 0 Å². The fraction of sp³-hybridized carbons (Fsp3) is 0.143. The zero-order chi connectivity index (χ0) is 11.4. The quantitative estimate of drug-likeness (QED) is 0.732. The van der Waals surface area contributed by atoms with E-state index in [1.54, 1.807) is 0 Å². The fourth-order valence-corrected chi connectivity index (χ4v) is 2.34. The molecule has 0 aliphatic heterocycles. The van der Waals surface area contributed by atoms with Crippen LogP contribution in [0.5, 0.6) is 5.75 Å². The van der Waals surface area contributed by atoms with Gasteiger partial charge in [0.25, 0.3) is 0 Å². The predicted molar refractivity (Wildman–Crippen MR) is 70.9 cm³/mol. The number of rotatable bonds is 3. The Kier molecular flexibility index (Phi) is 3.58. The standard InChI is InChI=1S/C14H15OP/c1-11-7-6-10-14(12(11)2)16-15-13-8-4-3-5-9-13/h3-10,16H,1-2H3. The molecular weight excluding hydrogens is 215 g/mol. The molecule has 0 bridgehead atoms. The second-order valence-electron chi connectivity index (χ2n) is 3.76. The highest BCUT2D eigenvalue weighted by molar-refractivity contribution is 7.42. The van der Waals surface area contributed by atoms with Gasteiger partial charge < -0.3 is 4.52 Å². The number of hydrogen-bond donors (Lipinski definition) is 0. The molecular formula is C14H15OP. The lowest BCUT2D eigenvalue weighted by atomic mass is 10.1. The van der Waals surface area contributed by atoms with Gasteiger partial charge >= 0.3 is 0 Å². The summed E-state index contributed by atoms with van der Waals surface area (Å²) in [4.78, 5) is 0. The van der Waals surface area contributed by atoms with Crippen LogP contribution in [0.1, 0.15) is 11.1 Å². The molecule has 0 radical (unpaired) electrons. The minimum Gasteiger partial charge on any atom is -0.472 e. The first-order valence-corrected chi connectivity index (χ1v) is 6.22. The number of benzene rings is 2. The Morgan fingerprint density at radius 1 is 0.875 bits per heavy atom. The van der Waals surface area contributed by atoms with E-state index >= 15 is 0 Å². The third kappa shape index (κ3) is 2.62. The molecule has 0 N–H and O–H groups in total. The molecule has 16 heavy (non-hydrogen) atoms. The molecule has 0 amide bonds. The number of hydrogen-bond acceptors (Lipinski definition) is 1. The summed E-state index contributed by atoms with van der Waals surface area (Å²) in [5, 5.41) is 1.28. The van der Waals surface area contributed by atoms with Gasteiger partial charge in [-0.25, -0.2) is 0 Å². The van der Waals surface area contributed by atoms with Crippen LogP contribution < -0.4 is 9.83 Å². The van der Waals surface area contributed by atoms with Gasteiger partial charge in [0.05, 0.1) is 0 Å². The summed E-state index contributed by atoms with van der Waals surface area (Å²) in [7, 11) is 0.377. The summed E-state index contributed by atoms with van der Waals surface area (Å²) in [6, 6.07) is 16.3. The van der Waals surface area contributed by atoms with E-state index in [9.17, 15) is 0 Å². The molecule has 1 atom stereocenters. The van der Waals surface area contributed by atoms with Crippen molar-refractivity contribution in [3.63, 3.8) is 0 Å². The normalized spacial score (nSPS) is 10.9. The molecule has 0 saturated carbocycles. The SMILES string of the molecule is Cc1cccc(POc2ccccc2)c1C. The Balaban J connectivity index is 2.08. The molecule has 0 aliphatic carbocycles. The lowest BCUT2D eigenvalue weighted by Gasteiger charge is -2.09. The highest BCUT2D eigenvalue weighted by atomic mass is 31.1. The Hall–Kier alpha value is -1.33. The molecule has 1 nitrogen and oxygen atoms in total. The molecule has 1 unspecified atom stereocenters. The average molecular weight is 230 g/mol. The minimum absolute atomic E-state index is 0.377. The topological polar surface area (TPSA) is 9.23 Å². The van der Waals surface area contributed by atoms with Gasteiger partial charge in [-0.3, -0.25) is 0 Å². The van der Waals surface area contributed by atoms with Crippen LogP contribution in [0, 0.1) is 13.8 Å². The summed E-state index contributed by atoms with van der Waals surface area (Å²) >= 11 is 0. The van der Waals surface area contributed by atoms with E-state index in [2.05, 4.69) is 32.0 Å². The van der Waals surface area contributed by atoms with Crippen molar-refractivity contribution in [2.45, 2.75) is 13.8 Å². The van der Waals surface area contributed by atoms with Gasteiger partial charge in [-0.2, -0.15) is 0 Å². The molecule has 2 aromatic rings. The second-order valence-corrected chi connectivity index (χ2v) is 4.71. The highest BCUT2D eigenvalue weighted by Crippen LogP contribution is 2.21. The van der Waals surface area contributed by atoms with Gasteiger partial charge in [0, 0.05) is 5.30 Å². The smallest absolute Gasteiger partial charge is 0.123 e. The van der Waals surface area contributed by atoms with Gasteiger partial charge in [-0.15, -0.1) is 0 Å². The summed E-state index contributed by atoms with van der Waals surface area (Å²) in [6.45, 7) is 4.28. The Bertz CT molecular complexity index is 465. The van der Waals surface area contributed by atoms with Crippen LogP contribution in [0.3, 0.4) is 0 Å². The van der Waals surface area contributed by atoms with Gasteiger partial charge in [-0.1, -0.05) is 36.4 Å². The van der Waals surface area contributed by atoms with Crippen LogP contribution in [0.25, 0.3) is 0 Å². The van der Waals surface area contributed by atoms with Crippen LogP contribution in [0.15, 0.2) is 48.5 Å². The van der Waals surface area contributed by atoms with Crippen LogP contribution >= 0.6 is 8.81 Å². The average Bonchev–Trinajstić information content (AvgIpc) is 2.32. The van der Waals surface area contributed by atoms with Gasteiger partial charge in [-0.05, 0) is 37.1 Å². The largest absolute Gasteiger partial charge is 0.472 e. The Morgan fingerprint density at radius 2 is 1.62 bits per heavy atom. The van der Waals surface area contributed by atoms with Crippen LogP contribution in [0.2, 0.25) is 0 Å². The van der Waals surface area contributed by atoms with E-state index in [4.69, 9.17) is 4.52 Å². The zero-order valence-corrected chi connectivity index (χ0v) is 10.5. The van der Waals surface area contributed by atoms with Crippen LogP contribution in [-0.4, -0.2) is 0 Å². The fourth-order valence-electron chi connectivity index (χ4n) is 1.46. The highest BCUT2D eigenvalue weighted by Gasteiger charge is 2.01. The maximum absolute atomic E-state index is 5.76. The molecule has 0 aromatic heterocycles. The first-order valence-electron chi connectivity index (χ1n) is 5.31. The Labute approximate surface area is 98.3 Å². The number of para-hydroxylation sites is 1. The summed E-state index contributed by atoms with van der Waals surface area (Å²) in [5.41, 5.74) is 2.65. The molecule has 2 rings (SSSR count). The predicted octanol–water partition coefficient (Wildman–Crippen LogP) is 3.60. The van der Waals surface area contributed by atoms with Crippen LogP contribution in [0.4, 0.5) is 0 Å². The lowest BCUT2D eigenvalue weighted by Crippen LogP contribution is -2.03. The first kappa shape index (κ1) is 11.2. The van der Waals surface area contributed by atoms with E-state index in [1.807, 2.05) is 30.3 Å². The lowest BCUT2D eigenvalue weighted by molar-refractivity contribution is 0.638. The van der Waals surface area contributed by atoms with Gasteiger partial charge in [0.15, 0.2) is 0 Å². The van der Waals surface area contributed by atoms with Crippen molar-refractivity contribution >= 4 is 14.1 Å². The maximum Gasteiger partial charge on any atom is 0.123 e. The molecule has 2 aromatic carbocycles. The van der Waals surface area contributed by atoms with Crippen molar-refractivity contribution in [1.29, 1.82) is 0 Å². The van der Waals surface area contributed by atoms with E-state index in [0.29, 0.717) is 8.81 Å². The summed E-state index contributed by atoms with van der Waals surface area (Å²) in [5.74, 6) is 0.932. The third-order valence-electron chi connectivity index (χ3n) is 2.63. The Morgan fingerprint density at radius 3 is 2.38 bits per heavy atom. The molecule has 0 fully saturated rings. The molecule has 0 saturated heterocycles. The third-order valence-corrected chi connectivity index (χ3v) is 3.73. The second kappa shape index (κ2) is 5.14. The number of aryl methyl sites for hydroxylation is 1. The van der Waals surface area contributed by atoms with Crippen molar-refractivity contribution < 1.29 is 4.52 Å². The summed E-state index contributed by atoms with van der Waals surface area (Å²) in [6.07, 6.45) is 0. The minimum atomic E-state index is 0.377. The monoisotopic (exact) mass is 230 g/mol. The molecule has 0 spiro atoms.